The first-order valence-electron chi connectivity index (χ1n) is 4.31. The van der Waals surface area contributed by atoms with Crippen LogP contribution in [0.3, 0.4) is 0 Å². The van der Waals surface area contributed by atoms with Crippen molar-refractivity contribution in [2.75, 3.05) is 12.5 Å². The third-order valence-corrected chi connectivity index (χ3v) is 4.58. The van der Waals surface area contributed by atoms with Gasteiger partial charge in [0.25, 0.3) is 0 Å². The molecule has 0 aromatic heterocycles. The Bertz CT molecular complexity index is 458. The Balaban J connectivity index is 3.36. The summed E-state index contributed by atoms with van der Waals surface area (Å²) in [6, 6.07) is 7.35. The van der Waals surface area contributed by atoms with Crippen LogP contribution in [0.1, 0.15) is 5.56 Å². The first kappa shape index (κ1) is 13.8. The van der Waals surface area contributed by atoms with E-state index in [1.54, 1.807) is 18.2 Å². The molecule has 1 nitrogen and oxygen atoms in total. The van der Waals surface area contributed by atoms with Gasteiger partial charge in [-0.15, -0.1) is 23.5 Å². The summed E-state index contributed by atoms with van der Waals surface area (Å²) in [5.41, 5.74) is 1.33. The van der Waals surface area contributed by atoms with E-state index in [0.29, 0.717) is 15.6 Å². The Morgan fingerprint density at radius 3 is 2.31 bits per heavy atom. The molecule has 0 atom stereocenters. The fraction of sp³-hybridized carbons (Fsp3) is 0.182. The average Bonchev–Trinajstić information content (AvgIpc) is 2.27. The van der Waals surface area contributed by atoms with Crippen molar-refractivity contribution >= 4 is 52.3 Å². The van der Waals surface area contributed by atoms with Gasteiger partial charge in [0.05, 0.1) is 14.8 Å². The normalized spacial score (nSPS) is 9.69. The predicted octanol–water partition coefficient (Wildman–Crippen LogP) is 4.91. The third-order valence-electron chi connectivity index (χ3n) is 1.89. The van der Waals surface area contributed by atoms with Gasteiger partial charge in [-0.25, -0.2) is 0 Å². The first-order valence-corrected chi connectivity index (χ1v) is 7.52. The summed E-state index contributed by atoms with van der Waals surface area (Å²) in [5, 5.41) is 10.3. The van der Waals surface area contributed by atoms with Gasteiger partial charge in [-0.2, -0.15) is 5.26 Å². The van der Waals surface area contributed by atoms with Crippen molar-refractivity contribution in [2.24, 2.45) is 0 Å². The molecule has 0 aliphatic carbocycles. The van der Waals surface area contributed by atoms with E-state index < -0.39 is 0 Å². The Labute approximate surface area is 114 Å². The lowest BCUT2D eigenvalue weighted by molar-refractivity contribution is 1.52. The van der Waals surface area contributed by atoms with Gasteiger partial charge in [-0.05, 0) is 24.6 Å². The van der Waals surface area contributed by atoms with Crippen LogP contribution in [0.25, 0.3) is 5.57 Å². The van der Waals surface area contributed by atoms with Crippen LogP contribution in [0.2, 0.25) is 10.0 Å². The van der Waals surface area contributed by atoms with Gasteiger partial charge in [0.1, 0.15) is 6.07 Å². The van der Waals surface area contributed by atoms with Crippen LogP contribution in [-0.2, 0) is 0 Å². The van der Waals surface area contributed by atoms with E-state index in [0.717, 1.165) is 9.80 Å². The Morgan fingerprint density at radius 1 is 1.25 bits per heavy atom. The summed E-state index contributed by atoms with van der Waals surface area (Å²) >= 11 is 15.0. The minimum absolute atomic E-state index is 0.504. The molecule has 0 saturated carbocycles. The van der Waals surface area contributed by atoms with Crippen LogP contribution in [0.4, 0.5) is 0 Å². The van der Waals surface area contributed by atoms with E-state index >= 15 is 0 Å². The van der Waals surface area contributed by atoms with Crippen LogP contribution in [-0.4, -0.2) is 12.5 Å². The maximum Gasteiger partial charge on any atom is 0.102 e. The second-order valence-corrected chi connectivity index (χ2v) is 5.54. The molecule has 0 N–H and O–H groups in total. The van der Waals surface area contributed by atoms with Gasteiger partial charge in [0.15, 0.2) is 0 Å². The molecule has 0 heterocycles. The highest BCUT2D eigenvalue weighted by molar-refractivity contribution is 8.21. The maximum atomic E-state index is 9.18. The zero-order valence-electron chi connectivity index (χ0n) is 8.75. The monoisotopic (exact) mass is 289 g/mol. The van der Waals surface area contributed by atoms with Crippen LogP contribution in [0, 0.1) is 11.3 Å². The summed E-state index contributed by atoms with van der Waals surface area (Å²) in [7, 11) is 0. The van der Waals surface area contributed by atoms with Crippen LogP contribution < -0.4 is 0 Å². The molecule has 0 spiro atoms. The molecule has 1 rings (SSSR count). The van der Waals surface area contributed by atoms with Crippen LogP contribution in [0.5, 0.6) is 0 Å². The highest BCUT2D eigenvalue weighted by atomic mass is 35.5. The lowest BCUT2D eigenvalue weighted by atomic mass is 10.1. The molecule has 84 valence electrons. The number of nitrogens with zero attached hydrogens (tertiary/aromatic N) is 1. The number of thioether (sulfide) groups is 2. The van der Waals surface area contributed by atoms with E-state index in [1.807, 2.05) is 12.5 Å². The Morgan fingerprint density at radius 2 is 1.88 bits per heavy atom. The average molecular weight is 290 g/mol. The van der Waals surface area contributed by atoms with Gasteiger partial charge in [-0.1, -0.05) is 29.3 Å². The van der Waals surface area contributed by atoms with Gasteiger partial charge < -0.3 is 0 Å². The lowest BCUT2D eigenvalue weighted by Crippen LogP contribution is -1.86. The smallest absolute Gasteiger partial charge is 0.102 e. The second kappa shape index (κ2) is 6.46. The van der Waals surface area contributed by atoms with E-state index in [1.165, 1.54) is 23.5 Å². The van der Waals surface area contributed by atoms with E-state index in [4.69, 9.17) is 23.2 Å². The molecule has 0 aliphatic rings. The standard InChI is InChI=1S/C11H9Cl2NS2/c1-15-11(16-2)9(6-14)8-4-3-7(12)5-10(8)13/h3-5H,1-2H3. The molecule has 0 amide bonds. The first-order chi connectivity index (χ1) is 7.63. The minimum atomic E-state index is 0.504. The summed E-state index contributed by atoms with van der Waals surface area (Å²) in [6.45, 7) is 0. The van der Waals surface area contributed by atoms with E-state index in [2.05, 4.69) is 6.07 Å². The zero-order valence-corrected chi connectivity index (χ0v) is 11.9. The topological polar surface area (TPSA) is 23.8 Å². The SMILES string of the molecule is CSC(SC)=C(C#N)c1ccc(Cl)cc1Cl. The Hall–Kier alpha value is -0.270. The van der Waals surface area contributed by atoms with Crippen molar-refractivity contribution in [3.8, 4) is 6.07 Å². The molecular weight excluding hydrogens is 281 g/mol. The van der Waals surface area contributed by atoms with Gasteiger partial charge in [-0.3, -0.25) is 0 Å². The van der Waals surface area contributed by atoms with Gasteiger partial charge in [0.2, 0.25) is 0 Å². The second-order valence-electron chi connectivity index (χ2n) is 2.81. The van der Waals surface area contributed by atoms with E-state index in [9.17, 15) is 5.26 Å². The Kier molecular flexibility index (Phi) is 5.57. The molecule has 0 aliphatic heterocycles. The highest BCUT2D eigenvalue weighted by Crippen LogP contribution is 2.36. The fourth-order valence-electron chi connectivity index (χ4n) is 1.20. The van der Waals surface area contributed by atoms with Gasteiger partial charge in [0, 0.05) is 10.6 Å². The summed E-state index contributed by atoms with van der Waals surface area (Å²) in [5.74, 6) is 0. The molecule has 0 unspecified atom stereocenters. The highest BCUT2D eigenvalue weighted by Gasteiger charge is 2.11. The number of hydrogen-bond donors (Lipinski definition) is 0. The lowest BCUT2D eigenvalue weighted by Gasteiger charge is -2.07. The minimum Gasteiger partial charge on any atom is -0.192 e. The largest absolute Gasteiger partial charge is 0.192 e. The van der Waals surface area contributed by atoms with Gasteiger partial charge >= 0.3 is 0 Å². The predicted molar refractivity (Wildman–Crippen MR) is 76.0 cm³/mol. The molecule has 0 radical (unpaired) electrons. The quantitative estimate of drug-likeness (QED) is 0.739. The third kappa shape index (κ3) is 3.11. The fourth-order valence-corrected chi connectivity index (χ4v) is 3.08. The van der Waals surface area contributed by atoms with Crippen molar-refractivity contribution < 1.29 is 0 Å². The van der Waals surface area contributed by atoms with Crippen molar-refractivity contribution in [1.29, 1.82) is 5.26 Å². The number of benzene rings is 1. The van der Waals surface area contributed by atoms with Crippen molar-refractivity contribution in [2.45, 2.75) is 0 Å². The number of rotatable bonds is 3. The summed E-state index contributed by atoms with van der Waals surface area (Å²) < 4.78 is 0.951. The number of hydrogen-bond acceptors (Lipinski definition) is 3. The number of nitriles is 1. The maximum absolute atomic E-state index is 9.18. The van der Waals surface area contributed by atoms with Crippen LogP contribution >= 0.6 is 46.7 Å². The molecular formula is C11H9Cl2NS2. The van der Waals surface area contributed by atoms with Crippen molar-refractivity contribution in [3.63, 3.8) is 0 Å². The molecule has 16 heavy (non-hydrogen) atoms. The molecule has 0 saturated heterocycles. The zero-order chi connectivity index (χ0) is 12.1. The molecule has 0 fully saturated rings. The summed E-state index contributed by atoms with van der Waals surface area (Å²) in [4.78, 5) is 0. The molecule has 0 bridgehead atoms. The summed E-state index contributed by atoms with van der Waals surface area (Å²) in [6.07, 6.45) is 3.87. The molecule has 1 aromatic rings. The number of allylic oxidation sites excluding steroid dienone is 1. The van der Waals surface area contributed by atoms with E-state index in [-0.39, 0.29) is 0 Å². The molecule has 5 heteroatoms. The van der Waals surface area contributed by atoms with Crippen molar-refractivity contribution in [1.82, 2.24) is 0 Å². The van der Waals surface area contributed by atoms with Crippen LogP contribution in [0.15, 0.2) is 22.4 Å². The molecule has 1 aromatic carbocycles. The number of halogens is 2. The van der Waals surface area contributed by atoms with Crippen molar-refractivity contribution in [3.05, 3.63) is 38.0 Å².